The molecular formula is C59H114O10. The SMILES string of the molecule is CCCCCCCCCCCCCCCCCCCCCCCCCC(=O)O[C@H](COC(=O)CCCCCCCCCCCCCCCCCCCCCCC)CO[C@@H]1O[C@H](CO)[C@H](O)C(O)C1O. The number of rotatable bonds is 53. The second-order valence-electron chi connectivity index (χ2n) is 21.2. The summed E-state index contributed by atoms with van der Waals surface area (Å²) < 4.78 is 22.4. The third-order valence-electron chi connectivity index (χ3n) is 14.5. The van der Waals surface area contributed by atoms with Crippen molar-refractivity contribution in [2.45, 2.75) is 346 Å². The molecule has 0 aliphatic carbocycles. The van der Waals surface area contributed by atoms with Crippen molar-refractivity contribution < 1.29 is 49.0 Å². The molecule has 6 atom stereocenters. The van der Waals surface area contributed by atoms with E-state index in [1.807, 2.05) is 0 Å². The summed E-state index contributed by atoms with van der Waals surface area (Å²) in [6.07, 6.45) is 49.8. The van der Waals surface area contributed by atoms with Crippen LogP contribution in [0.15, 0.2) is 0 Å². The molecular weight excluding hydrogens is 869 g/mol. The lowest BCUT2D eigenvalue weighted by Gasteiger charge is -2.39. The molecule has 0 saturated carbocycles. The fraction of sp³-hybridized carbons (Fsp3) is 0.966. The first-order valence-corrected chi connectivity index (χ1v) is 30.1. The van der Waals surface area contributed by atoms with Gasteiger partial charge in [0.25, 0.3) is 0 Å². The van der Waals surface area contributed by atoms with Crippen molar-refractivity contribution >= 4 is 11.9 Å². The maximum Gasteiger partial charge on any atom is 0.306 e. The summed E-state index contributed by atoms with van der Waals surface area (Å²) in [7, 11) is 0. The minimum atomic E-state index is -1.59. The lowest BCUT2D eigenvalue weighted by atomic mass is 9.99. The zero-order chi connectivity index (χ0) is 50.1. The number of unbranched alkanes of at least 4 members (excludes halogenated alkanes) is 42. The normalized spacial score (nSPS) is 18.7. The Morgan fingerprint density at radius 3 is 0.986 bits per heavy atom. The Bertz CT molecular complexity index is 1090. The molecule has 0 aromatic carbocycles. The van der Waals surface area contributed by atoms with Crippen LogP contribution in [0.25, 0.3) is 0 Å². The third kappa shape index (κ3) is 40.8. The predicted octanol–water partition coefficient (Wildman–Crippen LogP) is 15.2. The van der Waals surface area contributed by atoms with Crippen LogP contribution in [0.3, 0.4) is 0 Å². The van der Waals surface area contributed by atoms with E-state index < -0.39 is 49.4 Å². The predicted molar refractivity (Wildman–Crippen MR) is 284 cm³/mol. The minimum Gasteiger partial charge on any atom is -0.462 e. The van der Waals surface area contributed by atoms with Crippen LogP contribution in [0.2, 0.25) is 0 Å². The van der Waals surface area contributed by atoms with E-state index in [2.05, 4.69) is 13.8 Å². The molecule has 1 heterocycles. The molecule has 4 N–H and O–H groups in total. The molecule has 10 nitrogen and oxygen atoms in total. The number of carbonyl (C=O) groups excluding carboxylic acids is 2. The van der Waals surface area contributed by atoms with Gasteiger partial charge in [0, 0.05) is 12.8 Å². The van der Waals surface area contributed by atoms with Gasteiger partial charge < -0.3 is 39.4 Å². The van der Waals surface area contributed by atoms with Crippen LogP contribution in [-0.2, 0) is 28.5 Å². The van der Waals surface area contributed by atoms with Crippen molar-refractivity contribution in [3.8, 4) is 0 Å². The maximum absolute atomic E-state index is 12.9. The molecule has 1 fully saturated rings. The summed E-state index contributed by atoms with van der Waals surface area (Å²) >= 11 is 0. The molecule has 1 aliphatic rings. The molecule has 0 aromatic rings. The van der Waals surface area contributed by atoms with Crippen molar-refractivity contribution in [1.82, 2.24) is 0 Å². The third-order valence-corrected chi connectivity index (χ3v) is 14.5. The second-order valence-corrected chi connectivity index (χ2v) is 21.2. The highest BCUT2D eigenvalue weighted by molar-refractivity contribution is 5.70. The Morgan fingerprint density at radius 2 is 0.681 bits per heavy atom. The van der Waals surface area contributed by atoms with Crippen LogP contribution >= 0.6 is 0 Å². The van der Waals surface area contributed by atoms with Crippen molar-refractivity contribution in [3.63, 3.8) is 0 Å². The largest absolute Gasteiger partial charge is 0.462 e. The first-order chi connectivity index (χ1) is 33.8. The van der Waals surface area contributed by atoms with Gasteiger partial charge in [0.05, 0.1) is 13.2 Å². The average Bonchev–Trinajstić information content (AvgIpc) is 3.35. The highest BCUT2D eigenvalue weighted by atomic mass is 16.7. The molecule has 0 spiro atoms. The van der Waals surface area contributed by atoms with Gasteiger partial charge >= 0.3 is 11.9 Å². The molecule has 0 bridgehead atoms. The summed E-state index contributed by atoms with van der Waals surface area (Å²) in [6, 6.07) is 0. The summed E-state index contributed by atoms with van der Waals surface area (Å²) in [5, 5.41) is 40.3. The topological polar surface area (TPSA) is 152 Å². The first-order valence-electron chi connectivity index (χ1n) is 30.1. The average molecular weight is 984 g/mol. The number of ether oxygens (including phenoxy) is 4. The highest BCUT2D eigenvalue weighted by Gasteiger charge is 2.44. The van der Waals surface area contributed by atoms with Gasteiger partial charge in [-0.2, -0.15) is 0 Å². The van der Waals surface area contributed by atoms with E-state index in [0.29, 0.717) is 6.42 Å². The molecule has 1 saturated heterocycles. The summed E-state index contributed by atoms with van der Waals surface area (Å²) in [5.41, 5.74) is 0. The van der Waals surface area contributed by atoms with Crippen LogP contribution < -0.4 is 0 Å². The number of aliphatic hydroxyl groups excluding tert-OH is 4. The van der Waals surface area contributed by atoms with Crippen LogP contribution in [-0.4, -0.2) is 89.0 Å². The Hall–Kier alpha value is -1.30. The smallest absolute Gasteiger partial charge is 0.306 e. The van der Waals surface area contributed by atoms with Gasteiger partial charge in [-0.05, 0) is 12.8 Å². The number of carbonyl (C=O) groups is 2. The fourth-order valence-electron chi connectivity index (χ4n) is 9.78. The van der Waals surface area contributed by atoms with Gasteiger partial charge in [0.2, 0.25) is 0 Å². The molecule has 0 radical (unpaired) electrons. The van der Waals surface area contributed by atoms with Gasteiger partial charge in [0.1, 0.15) is 31.0 Å². The Balaban J connectivity index is 2.16. The Labute approximate surface area is 425 Å². The van der Waals surface area contributed by atoms with Crippen LogP contribution in [0.1, 0.15) is 309 Å². The van der Waals surface area contributed by atoms with E-state index in [0.717, 1.165) is 32.1 Å². The molecule has 10 heteroatoms. The van der Waals surface area contributed by atoms with Crippen molar-refractivity contribution in [3.05, 3.63) is 0 Å². The zero-order valence-electron chi connectivity index (χ0n) is 45.4. The summed E-state index contributed by atoms with van der Waals surface area (Å²) in [4.78, 5) is 25.6. The molecule has 0 aromatic heterocycles. The minimum absolute atomic E-state index is 0.208. The van der Waals surface area contributed by atoms with E-state index in [4.69, 9.17) is 18.9 Å². The second kappa shape index (κ2) is 50.2. The number of esters is 2. The lowest BCUT2D eigenvalue weighted by molar-refractivity contribution is -0.305. The first kappa shape index (κ1) is 65.7. The van der Waals surface area contributed by atoms with Crippen molar-refractivity contribution in [1.29, 1.82) is 0 Å². The number of hydrogen-bond acceptors (Lipinski definition) is 10. The van der Waals surface area contributed by atoms with Crippen molar-refractivity contribution in [2.24, 2.45) is 0 Å². The van der Waals surface area contributed by atoms with Gasteiger partial charge in [-0.15, -0.1) is 0 Å². The Morgan fingerprint density at radius 1 is 0.391 bits per heavy atom. The van der Waals surface area contributed by atoms with Crippen molar-refractivity contribution in [2.75, 3.05) is 19.8 Å². The number of aliphatic hydroxyl groups is 4. The monoisotopic (exact) mass is 983 g/mol. The molecule has 1 aliphatic heterocycles. The molecule has 2 unspecified atom stereocenters. The summed E-state index contributed by atoms with van der Waals surface area (Å²) in [6.45, 7) is 3.51. The quantitative estimate of drug-likeness (QED) is 0.0342. The maximum atomic E-state index is 12.9. The highest BCUT2D eigenvalue weighted by Crippen LogP contribution is 2.23. The van der Waals surface area contributed by atoms with Gasteiger partial charge in [-0.3, -0.25) is 9.59 Å². The van der Waals surface area contributed by atoms with E-state index >= 15 is 0 Å². The van der Waals surface area contributed by atoms with Crippen LogP contribution in [0, 0.1) is 0 Å². The standard InChI is InChI=1S/C59H114O10/c1-3-5-7-9-11-13-15-17-19-21-23-25-26-28-30-32-34-36-38-40-42-44-46-48-55(62)68-52(51-67-59-58(65)57(64)56(63)53(49-60)69-59)50-66-54(61)47-45-43-41-39-37-35-33-31-29-27-24-22-20-18-16-14-12-10-8-6-4-2/h52-53,56-60,63-65H,3-51H2,1-2H3/t52-,53-,56+,57?,58?,59-/m1/s1. The van der Waals surface area contributed by atoms with Gasteiger partial charge in [0.15, 0.2) is 12.4 Å². The van der Waals surface area contributed by atoms with E-state index in [1.165, 1.54) is 244 Å². The van der Waals surface area contributed by atoms with E-state index in [9.17, 15) is 30.0 Å². The van der Waals surface area contributed by atoms with Crippen LogP contribution in [0.4, 0.5) is 0 Å². The Kier molecular flexibility index (Phi) is 47.8. The molecule has 1 rings (SSSR count). The zero-order valence-corrected chi connectivity index (χ0v) is 45.4. The fourth-order valence-corrected chi connectivity index (χ4v) is 9.78. The lowest BCUT2D eigenvalue weighted by Crippen LogP contribution is -2.59. The molecule has 0 amide bonds. The van der Waals surface area contributed by atoms with E-state index in [1.54, 1.807) is 0 Å². The van der Waals surface area contributed by atoms with E-state index in [-0.39, 0.29) is 32.0 Å². The van der Waals surface area contributed by atoms with Gasteiger partial charge in [-0.1, -0.05) is 284 Å². The van der Waals surface area contributed by atoms with Gasteiger partial charge in [-0.25, -0.2) is 0 Å². The van der Waals surface area contributed by atoms with Crippen LogP contribution in [0.5, 0.6) is 0 Å². The molecule has 69 heavy (non-hydrogen) atoms. The number of hydrogen-bond donors (Lipinski definition) is 4. The summed E-state index contributed by atoms with van der Waals surface area (Å²) in [5.74, 6) is -0.780. The molecule has 410 valence electrons.